The third-order valence-electron chi connectivity index (χ3n) is 3.28. The topological polar surface area (TPSA) is 83.4 Å². The van der Waals surface area contributed by atoms with Gasteiger partial charge in [-0.3, -0.25) is 4.79 Å². The largest absolute Gasteiger partial charge is 0.480 e. The van der Waals surface area contributed by atoms with Crippen LogP contribution in [-0.2, 0) is 4.79 Å². The van der Waals surface area contributed by atoms with Crippen molar-refractivity contribution in [2.45, 2.75) is 38.6 Å². The summed E-state index contributed by atoms with van der Waals surface area (Å²) in [5.74, 6) is -0.856. The molecule has 0 radical (unpaired) electrons. The third kappa shape index (κ3) is 2.75. The Morgan fingerprint density at radius 1 is 1.50 bits per heavy atom. The smallest absolute Gasteiger partial charge is 0.326 e. The molecule has 1 aliphatic heterocycles. The summed E-state index contributed by atoms with van der Waals surface area (Å²) in [6, 6.07) is -0.795. The van der Waals surface area contributed by atoms with E-state index < -0.39 is 17.9 Å². The number of halogens is 1. The Morgan fingerprint density at radius 2 is 2.20 bits per heavy atom. The first-order valence-electron chi connectivity index (χ1n) is 6.48. The second-order valence-electron chi connectivity index (χ2n) is 5.07. The summed E-state index contributed by atoms with van der Waals surface area (Å²) >= 11 is 5.98. The molecule has 0 unspecified atom stereocenters. The van der Waals surface area contributed by atoms with E-state index in [1.165, 1.54) is 11.1 Å². The van der Waals surface area contributed by atoms with Gasteiger partial charge in [0, 0.05) is 12.5 Å². The van der Waals surface area contributed by atoms with E-state index in [0.29, 0.717) is 25.2 Å². The lowest BCUT2D eigenvalue weighted by Crippen LogP contribution is -2.41. The van der Waals surface area contributed by atoms with Crippen molar-refractivity contribution in [3.8, 4) is 0 Å². The number of amides is 1. The fourth-order valence-corrected chi connectivity index (χ4v) is 2.38. The molecule has 1 fully saturated rings. The van der Waals surface area contributed by atoms with Gasteiger partial charge in [-0.15, -0.1) is 0 Å². The van der Waals surface area contributed by atoms with Crippen molar-refractivity contribution in [3.63, 3.8) is 0 Å². The van der Waals surface area contributed by atoms with Crippen molar-refractivity contribution in [2.24, 2.45) is 0 Å². The van der Waals surface area contributed by atoms with E-state index in [1.807, 2.05) is 13.8 Å². The SMILES string of the molecule is CC(C)c1ncc(Cl)c(C(=O)N2CCC[C@H]2C(=O)O)n1. The Kier molecular flexibility index (Phi) is 4.23. The Hall–Kier alpha value is -1.69. The minimum absolute atomic E-state index is 0.0627. The van der Waals surface area contributed by atoms with Crippen LogP contribution in [0.1, 0.15) is 48.9 Å². The number of likely N-dealkylation sites (tertiary alicyclic amines) is 1. The molecule has 1 aromatic rings. The highest BCUT2D eigenvalue weighted by molar-refractivity contribution is 6.33. The van der Waals surface area contributed by atoms with E-state index in [1.54, 1.807) is 0 Å². The van der Waals surface area contributed by atoms with Crippen LogP contribution in [0.15, 0.2) is 6.20 Å². The molecule has 1 saturated heterocycles. The number of carboxylic acid groups (broad SMARTS) is 1. The second-order valence-corrected chi connectivity index (χ2v) is 5.48. The molecule has 108 valence electrons. The van der Waals surface area contributed by atoms with Crippen LogP contribution in [0.5, 0.6) is 0 Å². The van der Waals surface area contributed by atoms with Crippen LogP contribution in [0.3, 0.4) is 0 Å². The number of aromatic nitrogens is 2. The van der Waals surface area contributed by atoms with Gasteiger partial charge in [0.15, 0.2) is 5.69 Å². The summed E-state index contributed by atoms with van der Waals surface area (Å²) in [6.07, 6.45) is 2.52. The quantitative estimate of drug-likeness (QED) is 0.922. The predicted octanol–water partition coefficient (Wildman–Crippen LogP) is 1.94. The van der Waals surface area contributed by atoms with Gasteiger partial charge in [-0.05, 0) is 12.8 Å². The van der Waals surface area contributed by atoms with Crippen LogP contribution in [0, 0.1) is 0 Å². The first kappa shape index (κ1) is 14.7. The van der Waals surface area contributed by atoms with E-state index in [0.717, 1.165) is 0 Å². The van der Waals surface area contributed by atoms with Gasteiger partial charge >= 0.3 is 5.97 Å². The van der Waals surface area contributed by atoms with Gasteiger partial charge in [0.1, 0.15) is 11.9 Å². The normalized spacial score (nSPS) is 18.6. The Labute approximate surface area is 121 Å². The molecule has 0 bridgehead atoms. The molecule has 0 saturated carbocycles. The van der Waals surface area contributed by atoms with Gasteiger partial charge in [0.05, 0.1) is 11.2 Å². The van der Waals surface area contributed by atoms with Gasteiger partial charge in [0.25, 0.3) is 5.91 Å². The van der Waals surface area contributed by atoms with E-state index >= 15 is 0 Å². The predicted molar refractivity (Wildman–Crippen MR) is 72.8 cm³/mol. The molecule has 2 heterocycles. The number of carboxylic acids is 1. The number of hydrogen-bond acceptors (Lipinski definition) is 4. The first-order chi connectivity index (χ1) is 9.41. The summed E-state index contributed by atoms with van der Waals surface area (Å²) in [4.78, 5) is 33.2. The van der Waals surface area contributed by atoms with E-state index in [9.17, 15) is 9.59 Å². The summed E-state index contributed by atoms with van der Waals surface area (Å²) in [5.41, 5.74) is 0.0820. The van der Waals surface area contributed by atoms with E-state index in [-0.39, 0.29) is 16.6 Å². The molecule has 0 spiro atoms. The number of carbonyl (C=O) groups excluding carboxylic acids is 1. The zero-order chi connectivity index (χ0) is 14.9. The molecule has 7 heteroatoms. The molecule has 0 aliphatic carbocycles. The molecular formula is C13H16ClN3O3. The summed E-state index contributed by atoms with van der Waals surface area (Å²) < 4.78 is 0. The summed E-state index contributed by atoms with van der Waals surface area (Å²) in [5, 5.41) is 9.28. The van der Waals surface area contributed by atoms with Crippen molar-refractivity contribution in [1.82, 2.24) is 14.9 Å². The van der Waals surface area contributed by atoms with Crippen LogP contribution in [-0.4, -0.2) is 44.4 Å². The minimum Gasteiger partial charge on any atom is -0.480 e. The third-order valence-corrected chi connectivity index (χ3v) is 3.56. The zero-order valence-electron chi connectivity index (χ0n) is 11.3. The molecule has 1 aromatic heterocycles. The van der Waals surface area contributed by atoms with Gasteiger partial charge in [-0.1, -0.05) is 25.4 Å². The fourth-order valence-electron chi connectivity index (χ4n) is 2.21. The molecule has 1 N–H and O–H groups in total. The lowest BCUT2D eigenvalue weighted by molar-refractivity contribution is -0.141. The molecule has 20 heavy (non-hydrogen) atoms. The number of hydrogen-bond donors (Lipinski definition) is 1. The lowest BCUT2D eigenvalue weighted by atomic mass is 10.2. The van der Waals surface area contributed by atoms with Crippen LogP contribution in [0.25, 0.3) is 0 Å². The minimum atomic E-state index is -0.995. The van der Waals surface area contributed by atoms with Crippen molar-refractivity contribution in [1.29, 1.82) is 0 Å². The van der Waals surface area contributed by atoms with Gasteiger partial charge < -0.3 is 10.0 Å². The van der Waals surface area contributed by atoms with Crippen molar-refractivity contribution >= 4 is 23.5 Å². The molecule has 2 rings (SSSR count). The van der Waals surface area contributed by atoms with Crippen LogP contribution in [0.4, 0.5) is 0 Å². The molecule has 1 atom stereocenters. The number of nitrogens with zero attached hydrogens (tertiary/aromatic N) is 3. The average molecular weight is 298 g/mol. The molecule has 1 aliphatic rings. The molecular weight excluding hydrogens is 282 g/mol. The molecule has 6 nitrogen and oxygen atoms in total. The lowest BCUT2D eigenvalue weighted by Gasteiger charge is -2.21. The van der Waals surface area contributed by atoms with Crippen LogP contribution >= 0.6 is 11.6 Å². The number of rotatable bonds is 3. The van der Waals surface area contributed by atoms with Gasteiger partial charge in [0.2, 0.25) is 0 Å². The maximum atomic E-state index is 12.4. The Balaban J connectivity index is 2.33. The second kappa shape index (κ2) is 5.75. The highest BCUT2D eigenvalue weighted by Crippen LogP contribution is 2.23. The monoisotopic (exact) mass is 297 g/mol. The van der Waals surface area contributed by atoms with E-state index in [2.05, 4.69) is 9.97 Å². The molecule has 0 aromatic carbocycles. The van der Waals surface area contributed by atoms with Crippen molar-refractivity contribution in [3.05, 3.63) is 22.7 Å². The Morgan fingerprint density at radius 3 is 2.80 bits per heavy atom. The highest BCUT2D eigenvalue weighted by atomic mass is 35.5. The van der Waals surface area contributed by atoms with Crippen LogP contribution < -0.4 is 0 Å². The standard InChI is InChI=1S/C13H16ClN3O3/c1-7(2)11-15-6-8(14)10(16-11)12(18)17-5-3-4-9(17)13(19)20/h6-7,9H,3-5H2,1-2H3,(H,19,20)/t9-/m0/s1. The first-order valence-corrected chi connectivity index (χ1v) is 6.85. The maximum absolute atomic E-state index is 12.4. The maximum Gasteiger partial charge on any atom is 0.326 e. The zero-order valence-corrected chi connectivity index (χ0v) is 12.1. The highest BCUT2D eigenvalue weighted by Gasteiger charge is 2.35. The van der Waals surface area contributed by atoms with Gasteiger partial charge in [-0.25, -0.2) is 14.8 Å². The number of aliphatic carboxylic acids is 1. The average Bonchev–Trinajstić information content (AvgIpc) is 2.87. The van der Waals surface area contributed by atoms with E-state index in [4.69, 9.17) is 16.7 Å². The van der Waals surface area contributed by atoms with Crippen molar-refractivity contribution < 1.29 is 14.7 Å². The summed E-state index contributed by atoms with van der Waals surface area (Å²) in [7, 11) is 0. The van der Waals surface area contributed by atoms with Crippen molar-refractivity contribution in [2.75, 3.05) is 6.54 Å². The van der Waals surface area contributed by atoms with Crippen LogP contribution in [0.2, 0.25) is 5.02 Å². The fraction of sp³-hybridized carbons (Fsp3) is 0.538. The van der Waals surface area contributed by atoms with Gasteiger partial charge in [-0.2, -0.15) is 0 Å². The molecule has 1 amide bonds. The summed E-state index contributed by atoms with van der Waals surface area (Å²) in [6.45, 7) is 4.23. The number of carbonyl (C=O) groups is 2. The Bertz CT molecular complexity index is 548.